The fourth-order valence-corrected chi connectivity index (χ4v) is 4.59. The van der Waals surface area contributed by atoms with Gasteiger partial charge in [-0.25, -0.2) is 13.2 Å². The summed E-state index contributed by atoms with van der Waals surface area (Å²) in [6.07, 6.45) is 0.842. The Bertz CT molecular complexity index is 863. The number of primary amides is 1. The van der Waals surface area contributed by atoms with Gasteiger partial charge in [-0.2, -0.15) is 0 Å². The molecule has 3 rings (SSSR count). The van der Waals surface area contributed by atoms with Gasteiger partial charge in [0.15, 0.2) is 0 Å². The normalized spacial score (nSPS) is 17.9. The highest BCUT2D eigenvalue weighted by Crippen LogP contribution is 2.31. The number of hydrogen-bond donors (Lipinski definition) is 1. The Morgan fingerprint density at radius 1 is 1.12 bits per heavy atom. The molecule has 1 unspecified atom stereocenters. The average molecular weight is 344 g/mol. The zero-order valence-electron chi connectivity index (χ0n) is 13.5. The maximum absolute atomic E-state index is 12.7. The van der Waals surface area contributed by atoms with Crippen molar-refractivity contribution in [2.45, 2.75) is 29.1 Å². The van der Waals surface area contributed by atoms with Gasteiger partial charge < -0.3 is 10.6 Å². The van der Waals surface area contributed by atoms with Gasteiger partial charge >= 0.3 is 6.03 Å². The lowest BCUT2D eigenvalue weighted by atomic mass is 9.94. The standard InChI is InChI=1S/C18H20N2O3S/c1-13-11-16(24(22,23)15-5-3-2-4-6-15)7-8-17(13)14-9-10-20(12-14)18(19)21/h2-8,11,14H,9-10,12H2,1H3,(H2,19,21). The third-order valence-electron chi connectivity index (χ3n) is 4.54. The van der Waals surface area contributed by atoms with E-state index >= 15 is 0 Å². The van der Waals surface area contributed by atoms with Gasteiger partial charge in [0.05, 0.1) is 9.79 Å². The van der Waals surface area contributed by atoms with Crippen LogP contribution in [0, 0.1) is 6.92 Å². The molecule has 5 nitrogen and oxygen atoms in total. The van der Waals surface area contributed by atoms with Crippen molar-refractivity contribution in [3.05, 3.63) is 59.7 Å². The van der Waals surface area contributed by atoms with Gasteiger partial charge in [0.25, 0.3) is 0 Å². The molecule has 1 fully saturated rings. The van der Waals surface area contributed by atoms with Crippen molar-refractivity contribution in [1.29, 1.82) is 0 Å². The fourth-order valence-electron chi connectivity index (χ4n) is 3.22. The number of sulfone groups is 1. The van der Waals surface area contributed by atoms with Crippen LogP contribution in [0.1, 0.15) is 23.5 Å². The van der Waals surface area contributed by atoms with E-state index < -0.39 is 15.9 Å². The topological polar surface area (TPSA) is 80.5 Å². The molecule has 0 aromatic heterocycles. The minimum Gasteiger partial charge on any atom is -0.351 e. The first-order valence-electron chi connectivity index (χ1n) is 7.84. The van der Waals surface area contributed by atoms with Gasteiger partial charge in [-0.05, 0) is 48.7 Å². The third-order valence-corrected chi connectivity index (χ3v) is 6.31. The molecule has 1 saturated heterocycles. The Kier molecular flexibility index (Phi) is 4.32. The molecule has 0 radical (unpaired) electrons. The fraction of sp³-hybridized carbons (Fsp3) is 0.278. The quantitative estimate of drug-likeness (QED) is 0.929. The van der Waals surface area contributed by atoms with Crippen LogP contribution in [0.5, 0.6) is 0 Å². The summed E-state index contributed by atoms with van der Waals surface area (Å²) in [7, 11) is -3.51. The molecule has 0 spiro atoms. The largest absolute Gasteiger partial charge is 0.351 e. The molecule has 0 bridgehead atoms. The van der Waals surface area contributed by atoms with Crippen molar-refractivity contribution in [2.24, 2.45) is 5.73 Å². The summed E-state index contributed by atoms with van der Waals surface area (Å²) >= 11 is 0. The molecule has 1 aliphatic heterocycles. The average Bonchev–Trinajstić information content (AvgIpc) is 3.05. The lowest BCUT2D eigenvalue weighted by molar-refractivity contribution is 0.218. The number of benzene rings is 2. The Balaban J connectivity index is 1.90. The van der Waals surface area contributed by atoms with E-state index in [1.165, 1.54) is 0 Å². The Morgan fingerprint density at radius 2 is 1.83 bits per heavy atom. The number of nitrogens with zero attached hydrogens (tertiary/aromatic N) is 1. The molecular formula is C18H20N2O3S. The van der Waals surface area contributed by atoms with Crippen LogP contribution in [0.3, 0.4) is 0 Å². The summed E-state index contributed by atoms with van der Waals surface area (Å²) < 4.78 is 25.4. The molecule has 24 heavy (non-hydrogen) atoms. The first-order valence-corrected chi connectivity index (χ1v) is 9.33. The van der Waals surface area contributed by atoms with E-state index in [9.17, 15) is 13.2 Å². The second-order valence-corrected chi connectivity index (χ2v) is 8.05. The number of amides is 2. The highest BCUT2D eigenvalue weighted by Gasteiger charge is 2.27. The molecule has 2 amide bonds. The lowest BCUT2D eigenvalue weighted by Gasteiger charge is -2.16. The van der Waals surface area contributed by atoms with Crippen molar-refractivity contribution in [3.8, 4) is 0 Å². The SMILES string of the molecule is Cc1cc(S(=O)(=O)c2ccccc2)ccc1C1CCN(C(N)=O)C1. The minimum absolute atomic E-state index is 0.200. The van der Waals surface area contributed by atoms with Crippen LogP contribution in [-0.4, -0.2) is 32.4 Å². The van der Waals surface area contributed by atoms with Crippen LogP contribution in [0.4, 0.5) is 4.79 Å². The van der Waals surface area contributed by atoms with Gasteiger partial charge in [0.2, 0.25) is 9.84 Å². The van der Waals surface area contributed by atoms with Gasteiger partial charge in [0, 0.05) is 19.0 Å². The Hall–Kier alpha value is -2.34. The molecular weight excluding hydrogens is 324 g/mol. The Labute approximate surface area is 142 Å². The molecule has 2 N–H and O–H groups in total. The van der Waals surface area contributed by atoms with Gasteiger partial charge in [0.1, 0.15) is 0 Å². The number of nitrogens with two attached hydrogens (primary N) is 1. The number of aryl methyl sites for hydroxylation is 1. The lowest BCUT2D eigenvalue weighted by Crippen LogP contribution is -2.33. The maximum Gasteiger partial charge on any atom is 0.314 e. The second kappa shape index (κ2) is 6.28. The summed E-state index contributed by atoms with van der Waals surface area (Å²) in [5, 5.41) is 0. The summed E-state index contributed by atoms with van der Waals surface area (Å²) in [5.41, 5.74) is 7.32. The molecule has 2 aromatic rings. The predicted molar refractivity (Wildman–Crippen MR) is 91.6 cm³/mol. The van der Waals surface area contributed by atoms with Crippen LogP contribution in [0.25, 0.3) is 0 Å². The second-order valence-electron chi connectivity index (χ2n) is 6.10. The monoisotopic (exact) mass is 344 g/mol. The molecule has 0 saturated carbocycles. The Morgan fingerprint density at radius 3 is 2.42 bits per heavy atom. The number of hydrogen-bond acceptors (Lipinski definition) is 3. The van der Waals surface area contributed by atoms with Gasteiger partial charge in [-0.15, -0.1) is 0 Å². The zero-order valence-corrected chi connectivity index (χ0v) is 14.3. The maximum atomic E-state index is 12.7. The molecule has 6 heteroatoms. The number of carbonyl (C=O) groups excluding carboxylic acids is 1. The van der Waals surface area contributed by atoms with E-state index in [4.69, 9.17) is 5.73 Å². The van der Waals surface area contributed by atoms with E-state index in [0.717, 1.165) is 17.5 Å². The van der Waals surface area contributed by atoms with Crippen LogP contribution < -0.4 is 5.73 Å². The highest BCUT2D eigenvalue weighted by atomic mass is 32.2. The minimum atomic E-state index is -3.51. The third kappa shape index (κ3) is 3.01. The molecule has 2 aromatic carbocycles. The summed E-state index contributed by atoms with van der Waals surface area (Å²) in [6, 6.07) is 13.2. The molecule has 126 valence electrons. The van der Waals surface area contributed by atoms with Crippen LogP contribution in [0.2, 0.25) is 0 Å². The van der Waals surface area contributed by atoms with E-state index in [0.29, 0.717) is 18.0 Å². The number of urea groups is 1. The van der Waals surface area contributed by atoms with Crippen molar-refractivity contribution in [3.63, 3.8) is 0 Å². The molecule has 1 atom stereocenters. The van der Waals surface area contributed by atoms with E-state index in [-0.39, 0.29) is 10.8 Å². The molecule has 0 aliphatic carbocycles. The first kappa shape index (κ1) is 16.5. The number of likely N-dealkylation sites (tertiary alicyclic amines) is 1. The first-order chi connectivity index (χ1) is 11.4. The van der Waals surface area contributed by atoms with Crippen molar-refractivity contribution in [1.82, 2.24) is 4.90 Å². The number of carbonyl (C=O) groups is 1. The van der Waals surface area contributed by atoms with Crippen LogP contribution in [0.15, 0.2) is 58.3 Å². The van der Waals surface area contributed by atoms with Crippen molar-refractivity contribution < 1.29 is 13.2 Å². The smallest absolute Gasteiger partial charge is 0.314 e. The summed E-state index contributed by atoms with van der Waals surface area (Å²) in [6.45, 7) is 3.14. The van der Waals surface area contributed by atoms with Crippen LogP contribution in [-0.2, 0) is 9.84 Å². The van der Waals surface area contributed by atoms with Crippen molar-refractivity contribution >= 4 is 15.9 Å². The van der Waals surface area contributed by atoms with E-state index in [2.05, 4.69) is 0 Å². The zero-order chi connectivity index (χ0) is 17.3. The summed E-state index contributed by atoms with van der Waals surface area (Å²) in [4.78, 5) is 13.5. The number of rotatable bonds is 3. The summed E-state index contributed by atoms with van der Waals surface area (Å²) in [5.74, 6) is 0.200. The molecule has 1 aliphatic rings. The predicted octanol–water partition coefficient (Wildman–Crippen LogP) is 2.70. The highest BCUT2D eigenvalue weighted by molar-refractivity contribution is 7.91. The molecule has 1 heterocycles. The van der Waals surface area contributed by atoms with E-state index in [1.807, 2.05) is 13.0 Å². The van der Waals surface area contributed by atoms with Gasteiger partial charge in [-0.3, -0.25) is 0 Å². The van der Waals surface area contributed by atoms with Crippen LogP contribution >= 0.6 is 0 Å². The van der Waals surface area contributed by atoms with Crippen molar-refractivity contribution in [2.75, 3.05) is 13.1 Å². The van der Waals surface area contributed by atoms with Gasteiger partial charge in [-0.1, -0.05) is 24.3 Å². The van der Waals surface area contributed by atoms with E-state index in [1.54, 1.807) is 47.4 Å².